The highest BCUT2D eigenvalue weighted by Gasteiger charge is 2.50. The molecule has 3 aromatic rings. The number of anilines is 2. The van der Waals surface area contributed by atoms with Gasteiger partial charge in [-0.15, -0.1) is 0 Å². The first kappa shape index (κ1) is 26.4. The first-order valence-corrected chi connectivity index (χ1v) is 14.5. The number of aromatic nitrogens is 1. The summed E-state index contributed by atoms with van der Waals surface area (Å²) in [6.07, 6.45) is 2.06. The van der Waals surface area contributed by atoms with Gasteiger partial charge in [0, 0.05) is 44.2 Å². The minimum atomic E-state index is -3.86. The lowest BCUT2D eigenvalue weighted by atomic mass is 9.81. The van der Waals surface area contributed by atoms with Gasteiger partial charge in [0.2, 0.25) is 15.9 Å². The van der Waals surface area contributed by atoms with Gasteiger partial charge >= 0.3 is 6.03 Å². The summed E-state index contributed by atoms with van der Waals surface area (Å²) in [6, 6.07) is 11.5. The van der Waals surface area contributed by atoms with E-state index in [9.17, 15) is 18.0 Å². The van der Waals surface area contributed by atoms with Crippen LogP contribution in [0.2, 0.25) is 4.34 Å². The number of methoxy groups -OCH3 is 1. The van der Waals surface area contributed by atoms with Crippen molar-refractivity contribution in [2.75, 3.05) is 37.0 Å². The van der Waals surface area contributed by atoms with Crippen molar-refractivity contribution in [3.8, 4) is 5.75 Å². The molecule has 0 saturated carbocycles. The molecule has 2 aromatic carbocycles. The van der Waals surface area contributed by atoms with Gasteiger partial charge < -0.3 is 9.64 Å². The van der Waals surface area contributed by atoms with Crippen molar-refractivity contribution in [3.05, 3.63) is 64.1 Å². The molecule has 2 aliphatic rings. The first-order chi connectivity index (χ1) is 18.1. The number of ether oxygens (including phenoxy) is 1. The van der Waals surface area contributed by atoms with Crippen molar-refractivity contribution in [1.82, 2.24) is 14.6 Å². The van der Waals surface area contributed by atoms with Crippen LogP contribution in [0.15, 0.2) is 53.6 Å². The number of fused-ring (bicyclic) bond motifs is 2. The second-order valence-corrected chi connectivity index (χ2v) is 12.7. The number of halogens is 1. The lowest BCUT2D eigenvalue weighted by Crippen LogP contribution is -2.41. The third-order valence-corrected chi connectivity index (χ3v) is 9.39. The predicted octanol–water partition coefficient (Wildman–Crippen LogP) is 3.83. The normalized spacial score (nSPS) is 18.6. The van der Waals surface area contributed by atoms with Crippen molar-refractivity contribution in [1.29, 1.82) is 0 Å². The molecule has 0 aliphatic carbocycles. The molecule has 13 heteroatoms. The Labute approximate surface area is 229 Å². The van der Waals surface area contributed by atoms with Crippen molar-refractivity contribution in [2.24, 2.45) is 0 Å². The van der Waals surface area contributed by atoms with Gasteiger partial charge in [-0.3, -0.25) is 15.0 Å². The number of sulfonamides is 1. The molecule has 0 radical (unpaired) electrons. The van der Waals surface area contributed by atoms with Crippen LogP contribution in [-0.4, -0.2) is 57.0 Å². The van der Waals surface area contributed by atoms with E-state index < -0.39 is 21.5 Å². The van der Waals surface area contributed by atoms with Crippen LogP contribution in [0.1, 0.15) is 24.5 Å². The minimum Gasteiger partial charge on any atom is -0.497 e. The first-order valence-electron chi connectivity index (χ1n) is 11.8. The summed E-state index contributed by atoms with van der Waals surface area (Å²) in [6.45, 7) is 2.84. The van der Waals surface area contributed by atoms with Crippen LogP contribution in [0.3, 0.4) is 0 Å². The average Bonchev–Trinajstić information content (AvgIpc) is 3.61. The van der Waals surface area contributed by atoms with Crippen LogP contribution in [0, 0.1) is 0 Å². The Morgan fingerprint density at radius 3 is 2.58 bits per heavy atom. The van der Waals surface area contributed by atoms with Crippen LogP contribution in [0.4, 0.5) is 15.6 Å². The molecular weight excluding hydrogens is 550 g/mol. The highest BCUT2D eigenvalue weighted by Crippen LogP contribution is 2.47. The topological polar surface area (TPSA) is 121 Å². The van der Waals surface area contributed by atoms with E-state index >= 15 is 0 Å². The molecule has 1 spiro atoms. The molecule has 38 heavy (non-hydrogen) atoms. The van der Waals surface area contributed by atoms with Crippen LogP contribution < -0.4 is 19.7 Å². The molecule has 1 unspecified atom stereocenters. The standard InChI is InChI=1S/C25H26ClN5O5S2/c1-16(32)30-10-9-25(14-30)15-31(24(33)29-23-27-13-22(26)37-23)21-8-7-19(11-20(21)25)38(34,35)28-12-17-3-5-18(36-2)6-4-17/h3-8,11,13,28H,9-10,12,14-15H2,1-2H3,(H,27,29,33). The number of thiazole rings is 1. The zero-order valence-corrected chi connectivity index (χ0v) is 23.1. The molecule has 1 atom stereocenters. The van der Waals surface area contributed by atoms with E-state index in [-0.39, 0.29) is 17.3 Å². The number of rotatable bonds is 6. The number of hydrogen-bond donors (Lipinski definition) is 2. The summed E-state index contributed by atoms with van der Waals surface area (Å²) in [4.78, 5) is 32.9. The number of hydrogen-bond acceptors (Lipinski definition) is 7. The van der Waals surface area contributed by atoms with Gasteiger partial charge in [0.25, 0.3) is 0 Å². The molecule has 1 saturated heterocycles. The van der Waals surface area contributed by atoms with E-state index in [1.54, 1.807) is 53.3 Å². The fourth-order valence-electron chi connectivity index (χ4n) is 4.96. The Bertz CT molecular complexity index is 1490. The second-order valence-electron chi connectivity index (χ2n) is 9.31. The van der Waals surface area contributed by atoms with Gasteiger partial charge in [0.05, 0.1) is 18.2 Å². The fourth-order valence-corrected chi connectivity index (χ4v) is 6.81. The summed E-state index contributed by atoms with van der Waals surface area (Å²) >= 11 is 7.10. The van der Waals surface area contributed by atoms with Gasteiger partial charge in [0.15, 0.2) is 5.13 Å². The number of nitrogens with one attached hydrogen (secondary N) is 2. The lowest BCUT2D eigenvalue weighted by Gasteiger charge is -2.25. The number of carbonyl (C=O) groups excluding carboxylic acids is 2. The van der Waals surface area contributed by atoms with E-state index in [0.717, 1.165) is 22.5 Å². The van der Waals surface area contributed by atoms with Crippen LogP contribution in [0.5, 0.6) is 5.75 Å². The summed E-state index contributed by atoms with van der Waals surface area (Å²) < 4.78 is 34.7. The largest absolute Gasteiger partial charge is 0.497 e. The van der Waals surface area contributed by atoms with E-state index in [4.69, 9.17) is 16.3 Å². The van der Waals surface area contributed by atoms with Crippen LogP contribution in [-0.2, 0) is 26.8 Å². The molecule has 1 fully saturated rings. The van der Waals surface area contributed by atoms with Crippen molar-refractivity contribution in [3.63, 3.8) is 0 Å². The number of amides is 3. The molecule has 10 nitrogen and oxygen atoms in total. The van der Waals surface area contributed by atoms with Gasteiger partial charge in [-0.1, -0.05) is 35.1 Å². The Hall–Kier alpha value is -3.19. The number of benzene rings is 2. The highest BCUT2D eigenvalue weighted by atomic mass is 35.5. The van der Waals surface area contributed by atoms with Gasteiger partial charge in [-0.2, -0.15) is 0 Å². The predicted molar refractivity (Wildman–Crippen MR) is 145 cm³/mol. The quantitative estimate of drug-likeness (QED) is 0.461. The van der Waals surface area contributed by atoms with Crippen molar-refractivity contribution >= 4 is 55.7 Å². The van der Waals surface area contributed by atoms with Gasteiger partial charge in [-0.05, 0) is 47.9 Å². The molecule has 5 rings (SSSR count). The van der Waals surface area contributed by atoms with Gasteiger partial charge in [0.1, 0.15) is 10.1 Å². The summed E-state index contributed by atoms with van der Waals surface area (Å²) in [5.41, 5.74) is 1.52. The molecule has 1 aromatic heterocycles. The summed E-state index contributed by atoms with van der Waals surface area (Å²) in [5.74, 6) is 0.622. The fraction of sp³-hybridized carbons (Fsp3) is 0.320. The smallest absolute Gasteiger partial charge is 0.328 e. The maximum atomic E-state index is 13.3. The maximum absolute atomic E-state index is 13.3. The van der Waals surface area contributed by atoms with E-state index in [1.165, 1.54) is 19.2 Å². The Morgan fingerprint density at radius 1 is 1.18 bits per heavy atom. The molecule has 0 bridgehead atoms. The number of nitrogens with zero attached hydrogens (tertiary/aromatic N) is 3. The minimum absolute atomic E-state index is 0.0614. The Kier molecular flexibility index (Phi) is 7.07. The molecule has 2 N–H and O–H groups in total. The van der Waals surface area contributed by atoms with Gasteiger partial charge in [-0.25, -0.2) is 22.9 Å². The average molecular weight is 576 g/mol. The number of urea groups is 1. The summed E-state index contributed by atoms with van der Waals surface area (Å²) in [7, 11) is -2.29. The number of likely N-dealkylation sites (tertiary alicyclic amines) is 1. The van der Waals surface area contributed by atoms with Crippen molar-refractivity contribution < 1.29 is 22.7 Å². The molecule has 200 valence electrons. The third kappa shape index (κ3) is 5.08. The van der Waals surface area contributed by atoms with Crippen molar-refractivity contribution in [2.45, 2.75) is 30.2 Å². The zero-order chi connectivity index (χ0) is 27.1. The van der Waals surface area contributed by atoms with Crippen LogP contribution >= 0.6 is 22.9 Å². The molecule has 2 aliphatic heterocycles. The van der Waals surface area contributed by atoms with E-state index in [2.05, 4.69) is 15.0 Å². The molecular formula is C25H26ClN5O5S2. The Morgan fingerprint density at radius 2 is 1.95 bits per heavy atom. The molecule has 3 amide bonds. The van der Waals surface area contributed by atoms with E-state index in [0.29, 0.717) is 47.0 Å². The highest BCUT2D eigenvalue weighted by molar-refractivity contribution is 7.89. The zero-order valence-electron chi connectivity index (χ0n) is 20.7. The summed E-state index contributed by atoms with van der Waals surface area (Å²) in [5, 5.41) is 3.13. The van der Waals surface area contributed by atoms with E-state index in [1.807, 2.05) is 0 Å². The lowest BCUT2D eigenvalue weighted by molar-refractivity contribution is -0.127. The molecule has 3 heterocycles. The maximum Gasteiger partial charge on any atom is 0.328 e. The SMILES string of the molecule is COc1ccc(CNS(=O)(=O)c2ccc3c(c2)C2(CCN(C(C)=O)C2)CN3C(=O)Nc2ncc(Cl)s2)cc1. The second kappa shape index (κ2) is 10.2. The Balaban J connectivity index is 1.44. The van der Waals surface area contributed by atoms with Crippen LogP contribution in [0.25, 0.3) is 0 Å². The monoisotopic (exact) mass is 575 g/mol. The third-order valence-electron chi connectivity index (χ3n) is 6.96. The number of carbonyl (C=O) groups is 2.